The molecule has 20 heavy (non-hydrogen) atoms. The monoisotopic (exact) mass is 347 g/mol. The summed E-state index contributed by atoms with van der Waals surface area (Å²) >= 11 is 2.87. The molecule has 7 heteroatoms. The van der Waals surface area contributed by atoms with E-state index in [0.29, 0.717) is 6.07 Å². The summed E-state index contributed by atoms with van der Waals surface area (Å²) in [7, 11) is 0. The van der Waals surface area contributed by atoms with Gasteiger partial charge in [0.1, 0.15) is 28.8 Å². The number of nitrogens with one attached hydrogen (secondary N) is 1. The predicted octanol–water partition coefficient (Wildman–Crippen LogP) is 4.26. The Bertz CT molecular complexity index is 647. The summed E-state index contributed by atoms with van der Waals surface area (Å²) < 4.78 is 53.1. The second-order valence-corrected chi connectivity index (χ2v) is 4.77. The van der Waals surface area contributed by atoms with Crippen LogP contribution in [0, 0.1) is 23.3 Å². The Morgan fingerprint density at radius 1 is 0.900 bits per heavy atom. The van der Waals surface area contributed by atoms with Gasteiger partial charge in [0.15, 0.2) is 0 Å². The van der Waals surface area contributed by atoms with Gasteiger partial charge in [0.25, 0.3) is 5.91 Å². The minimum Gasteiger partial charge on any atom is -0.322 e. The van der Waals surface area contributed by atoms with E-state index in [0.717, 1.165) is 24.3 Å². The quantitative estimate of drug-likeness (QED) is 0.808. The molecule has 2 aromatic carbocycles. The van der Waals surface area contributed by atoms with Crippen molar-refractivity contribution < 1.29 is 22.4 Å². The summed E-state index contributed by atoms with van der Waals surface area (Å²) in [6.07, 6.45) is 0. The van der Waals surface area contributed by atoms with E-state index in [4.69, 9.17) is 0 Å². The fourth-order valence-corrected chi connectivity index (χ4v) is 1.98. The highest BCUT2D eigenvalue weighted by atomic mass is 79.9. The number of hydrogen-bond acceptors (Lipinski definition) is 1. The molecule has 2 aromatic rings. The molecule has 0 bridgehead atoms. The maximum Gasteiger partial charge on any atom is 0.261 e. The molecule has 1 amide bonds. The molecule has 1 N–H and O–H groups in total. The van der Waals surface area contributed by atoms with Crippen LogP contribution in [0.15, 0.2) is 34.8 Å². The van der Waals surface area contributed by atoms with Gasteiger partial charge >= 0.3 is 0 Å². The van der Waals surface area contributed by atoms with Gasteiger partial charge < -0.3 is 5.32 Å². The molecule has 0 fully saturated rings. The Hall–Kier alpha value is -1.89. The Labute approximate surface area is 119 Å². The summed E-state index contributed by atoms with van der Waals surface area (Å²) in [5.74, 6) is -5.16. The van der Waals surface area contributed by atoms with Gasteiger partial charge in [-0.05, 0) is 24.3 Å². The number of carbonyl (C=O) groups excluding carboxylic acids is 1. The second kappa shape index (κ2) is 5.62. The third-order valence-electron chi connectivity index (χ3n) is 2.35. The number of carbonyl (C=O) groups is 1. The normalized spacial score (nSPS) is 10.4. The summed E-state index contributed by atoms with van der Waals surface area (Å²) in [6, 6.07) is 4.08. The van der Waals surface area contributed by atoms with E-state index in [1.807, 2.05) is 5.32 Å². The van der Waals surface area contributed by atoms with Crippen LogP contribution in [0.1, 0.15) is 10.4 Å². The molecular weight excluding hydrogens is 342 g/mol. The molecule has 2 nitrogen and oxygen atoms in total. The minimum absolute atomic E-state index is 0.126. The van der Waals surface area contributed by atoms with Crippen molar-refractivity contribution in [2.75, 3.05) is 5.32 Å². The molecule has 2 rings (SSSR count). The number of halogens is 5. The van der Waals surface area contributed by atoms with Crippen molar-refractivity contribution >= 4 is 27.5 Å². The maximum absolute atomic E-state index is 13.5. The van der Waals surface area contributed by atoms with Crippen LogP contribution in [0.5, 0.6) is 0 Å². The van der Waals surface area contributed by atoms with Crippen molar-refractivity contribution in [1.29, 1.82) is 0 Å². The number of anilines is 1. The van der Waals surface area contributed by atoms with Gasteiger partial charge in [-0.1, -0.05) is 15.9 Å². The van der Waals surface area contributed by atoms with Crippen LogP contribution in [0.2, 0.25) is 0 Å². The fourth-order valence-electron chi connectivity index (χ4n) is 1.58. The zero-order valence-electron chi connectivity index (χ0n) is 9.68. The lowest BCUT2D eigenvalue weighted by atomic mass is 10.1. The highest BCUT2D eigenvalue weighted by Gasteiger charge is 2.19. The highest BCUT2D eigenvalue weighted by Crippen LogP contribution is 2.21. The Balaban J connectivity index is 2.33. The van der Waals surface area contributed by atoms with E-state index < -0.39 is 34.7 Å². The SMILES string of the molecule is O=C(Nc1cc(F)cc(F)c1)c1c(F)cc(Br)cc1F. The standard InChI is InChI=1S/C13H6BrF4NO/c14-6-1-10(17)12(11(18)2-6)13(20)19-9-4-7(15)3-8(16)5-9/h1-5H,(H,19,20). The van der Waals surface area contributed by atoms with E-state index in [1.54, 1.807) is 0 Å². The maximum atomic E-state index is 13.5. The number of benzene rings is 2. The van der Waals surface area contributed by atoms with Crippen molar-refractivity contribution in [3.05, 3.63) is 63.6 Å². The van der Waals surface area contributed by atoms with Gasteiger partial charge in [0, 0.05) is 16.2 Å². The molecule has 0 atom stereocenters. The van der Waals surface area contributed by atoms with E-state index in [2.05, 4.69) is 15.9 Å². The molecule has 0 aliphatic heterocycles. The number of rotatable bonds is 2. The zero-order valence-corrected chi connectivity index (χ0v) is 11.3. The van der Waals surface area contributed by atoms with Crippen LogP contribution in [-0.2, 0) is 0 Å². The molecule has 0 saturated carbocycles. The van der Waals surface area contributed by atoms with Crippen LogP contribution in [0.3, 0.4) is 0 Å². The molecule has 0 spiro atoms. The van der Waals surface area contributed by atoms with E-state index in [-0.39, 0.29) is 10.2 Å². The molecule has 0 aliphatic carbocycles. The Morgan fingerprint density at radius 2 is 1.40 bits per heavy atom. The lowest BCUT2D eigenvalue weighted by Crippen LogP contribution is -2.16. The molecule has 0 aliphatic rings. The van der Waals surface area contributed by atoms with Crippen molar-refractivity contribution in [1.82, 2.24) is 0 Å². The zero-order chi connectivity index (χ0) is 14.9. The van der Waals surface area contributed by atoms with Crippen LogP contribution >= 0.6 is 15.9 Å². The van der Waals surface area contributed by atoms with Crippen LogP contribution in [-0.4, -0.2) is 5.91 Å². The van der Waals surface area contributed by atoms with Crippen molar-refractivity contribution in [3.63, 3.8) is 0 Å². The van der Waals surface area contributed by atoms with E-state index >= 15 is 0 Å². The van der Waals surface area contributed by atoms with Crippen molar-refractivity contribution in [3.8, 4) is 0 Å². The minimum atomic E-state index is -1.14. The molecule has 0 heterocycles. The van der Waals surface area contributed by atoms with Gasteiger partial charge in [-0.3, -0.25) is 4.79 Å². The summed E-state index contributed by atoms with van der Waals surface area (Å²) in [5, 5.41) is 2.03. The van der Waals surface area contributed by atoms with Crippen molar-refractivity contribution in [2.24, 2.45) is 0 Å². The number of amides is 1. The van der Waals surface area contributed by atoms with E-state index in [9.17, 15) is 22.4 Å². The predicted molar refractivity (Wildman–Crippen MR) is 68.4 cm³/mol. The van der Waals surface area contributed by atoms with E-state index in [1.165, 1.54) is 0 Å². The average Bonchev–Trinajstić information content (AvgIpc) is 2.25. The van der Waals surface area contributed by atoms with Gasteiger partial charge in [0.05, 0.1) is 0 Å². The Kier molecular flexibility index (Phi) is 4.08. The summed E-state index contributed by atoms with van der Waals surface area (Å²) in [4.78, 5) is 11.7. The van der Waals surface area contributed by atoms with Gasteiger partial charge in [-0.2, -0.15) is 0 Å². The Morgan fingerprint density at radius 3 is 1.90 bits per heavy atom. The van der Waals surface area contributed by atoms with Gasteiger partial charge in [0.2, 0.25) is 0 Å². The molecule has 0 saturated heterocycles. The third kappa shape index (κ3) is 3.16. The molecule has 0 unspecified atom stereocenters. The summed E-state index contributed by atoms with van der Waals surface area (Å²) in [5.41, 5.74) is -1.08. The molecular formula is C13H6BrF4NO. The largest absolute Gasteiger partial charge is 0.322 e. The van der Waals surface area contributed by atoms with Gasteiger partial charge in [-0.15, -0.1) is 0 Å². The third-order valence-corrected chi connectivity index (χ3v) is 2.81. The first kappa shape index (κ1) is 14.5. The lowest BCUT2D eigenvalue weighted by molar-refractivity contribution is 0.101. The first-order valence-electron chi connectivity index (χ1n) is 5.29. The number of hydrogen-bond donors (Lipinski definition) is 1. The fraction of sp³-hybridized carbons (Fsp3) is 0. The molecule has 0 aromatic heterocycles. The second-order valence-electron chi connectivity index (χ2n) is 3.86. The first-order chi connectivity index (χ1) is 9.36. The smallest absolute Gasteiger partial charge is 0.261 e. The van der Waals surface area contributed by atoms with Crippen LogP contribution in [0.25, 0.3) is 0 Å². The lowest BCUT2D eigenvalue weighted by Gasteiger charge is -2.08. The van der Waals surface area contributed by atoms with Gasteiger partial charge in [-0.25, -0.2) is 17.6 Å². The first-order valence-corrected chi connectivity index (χ1v) is 6.08. The van der Waals surface area contributed by atoms with Crippen molar-refractivity contribution in [2.45, 2.75) is 0 Å². The topological polar surface area (TPSA) is 29.1 Å². The molecule has 104 valence electrons. The molecule has 0 radical (unpaired) electrons. The summed E-state index contributed by atoms with van der Waals surface area (Å²) in [6.45, 7) is 0. The van der Waals surface area contributed by atoms with Crippen LogP contribution in [0.4, 0.5) is 23.2 Å². The van der Waals surface area contributed by atoms with Crippen LogP contribution < -0.4 is 5.32 Å². The average molecular weight is 348 g/mol. The highest BCUT2D eigenvalue weighted by molar-refractivity contribution is 9.10.